The number of hydrogen-bond acceptors (Lipinski definition) is 3. The first-order chi connectivity index (χ1) is 12.2. The summed E-state index contributed by atoms with van der Waals surface area (Å²) in [4.78, 5) is 2.45. The zero-order valence-electron chi connectivity index (χ0n) is 14.0. The summed E-state index contributed by atoms with van der Waals surface area (Å²) in [5, 5.41) is 3.51. The van der Waals surface area contributed by atoms with Gasteiger partial charge in [0.2, 0.25) is 0 Å². The van der Waals surface area contributed by atoms with E-state index in [1.165, 1.54) is 28.5 Å². The van der Waals surface area contributed by atoms with E-state index in [-0.39, 0.29) is 17.5 Å². The molecule has 4 rings (SSSR count). The monoisotopic (exact) mass is 351 g/mol. The number of fused-ring (bicyclic) bond motifs is 2. The van der Waals surface area contributed by atoms with Gasteiger partial charge in [-0.3, -0.25) is 0 Å². The Morgan fingerprint density at radius 3 is 2.48 bits per heavy atom. The Labute approximate surface area is 151 Å². The molecule has 0 fully saturated rings. The third-order valence-electron chi connectivity index (χ3n) is 4.56. The number of anilines is 2. The van der Waals surface area contributed by atoms with Crippen LogP contribution in [0.5, 0.6) is 5.75 Å². The minimum atomic E-state index is -0.335. The molecule has 0 saturated heterocycles. The Morgan fingerprint density at radius 1 is 0.920 bits per heavy atom. The molecule has 0 aliphatic carbocycles. The van der Waals surface area contributed by atoms with E-state index in [4.69, 9.17) is 4.74 Å². The Morgan fingerprint density at radius 2 is 1.64 bits per heavy atom. The Hall–Kier alpha value is -2.46. The third-order valence-corrected chi connectivity index (χ3v) is 5.71. The maximum Gasteiger partial charge on any atom is 0.165 e. The lowest BCUT2D eigenvalue weighted by Gasteiger charge is -2.23. The van der Waals surface area contributed by atoms with Gasteiger partial charge in [0.25, 0.3) is 0 Å². The molecule has 25 heavy (non-hydrogen) atoms. The molecule has 1 atom stereocenters. The minimum absolute atomic E-state index is 0.142. The highest BCUT2D eigenvalue weighted by atomic mass is 32.2. The Kier molecular flexibility index (Phi) is 4.14. The zero-order chi connectivity index (χ0) is 17.4. The molecule has 1 aliphatic heterocycles. The number of benzene rings is 3. The molecule has 0 spiro atoms. The predicted molar refractivity (Wildman–Crippen MR) is 101 cm³/mol. The average molecular weight is 351 g/mol. The second-order valence-corrected chi connectivity index (χ2v) is 7.18. The van der Waals surface area contributed by atoms with Crippen molar-refractivity contribution in [3.63, 3.8) is 0 Å². The van der Waals surface area contributed by atoms with Gasteiger partial charge < -0.3 is 10.1 Å². The predicted octanol–water partition coefficient (Wildman–Crippen LogP) is 6.19. The van der Waals surface area contributed by atoms with E-state index in [0.29, 0.717) is 0 Å². The normalized spacial score (nSPS) is 13.4. The quantitative estimate of drug-likeness (QED) is 0.475. The minimum Gasteiger partial charge on any atom is -0.494 e. The second kappa shape index (κ2) is 6.45. The standard InChI is InChI=1S/C21H18FNOS/c1-13(15-7-9-16(22)19(12-15)24-2)14-8-10-21-18(11-14)23-17-5-3-4-6-20(17)25-21/h3-13,23H,1-2H3. The number of methoxy groups -OCH3 is 1. The van der Waals surface area contributed by atoms with Crippen LogP contribution in [-0.2, 0) is 0 Å². The lowest BCUT2D eigenvalue weighted by Crippen LogP contribution is -2.03. The van der Waals surface area contributed by atoms with E-state index in [2.05, 4.69) is 48.6 Å². The van der Waals surface area contributed by atoms with Crippen LogP contribution >= 0.6 is 11.8 Å². The maximum atomic E-state index is 13.7. The van der Waals surface area contributed by atoms with Gasteiger partial charge in [-0.05, 0) is 47.5 Å². The first-order valence-electron chi connectivity index (χ1n) is 8.17. The van der Waals surface area contributed by atoms with Crippen molar-refractivity contribution >= 4 is 23.1 Å². The maximum absolute atomic E-state index is 13.7. The molecule has 126 valence electrons. The fourth-order valence-electron chi connectivity index (χ4n) is 3.06. The lowest BCUT2D eigenvalue weighted by molar-refractivity contribution is 0.386. The molecule has 0 amide bonds. The van der Waals surface area contributed by atoms with E-state index >= 15 is 0 Å². The van der Waals surface area contributed by atoms with Crippen molar-refractivity contribution in [1.82, 2.24) is 0 Å². The van der Waals surface area contributed by atoms with Gasteiger partial charge in [-0.15, -0.1) is 0 Å². The molecule has 1 heterocycles. The fourth-order valence-corrected chi connectivity index (χ4v) is 4.03. The van der Waals surface area contributed by atoms with Crippen molar-refractivity contribution in [3.8, 4) is 5.75 Å². The molecule has 3 aromatic rings. The van der Waals surface area contributed by atoms with Crippen LogP contribution in [0.4, 0.5) is 15.8 Å². The van der Waals surface area contributed by atoms with Crippen LogP contribution in [-0.4, -0.2) is 7.11 Å². The van der Waals surface area contributed by atoms with Crippen molar-refractivity contribution < 1.29 is 9.13 Å². The van der Waals surface area contributed by atoms with Gasteiger partial charge in [0.05, 0.1) is 18.5 Å². The highest BCUT2D eigenvalue weighted by Gasteiger charge is 2.18. The zero-order valence-corrected chi connectivity index (χ0v) is 14.9. The van der Waals surface area contributed by atoms with Crippen LogP contribution in [0.3, 0.4) is 0 Å². The topological polar surface area (TPSA) is 21.3 Å². The first-order valence-corrected chi connectivity index (χ1v) is 8.98. The summed E-state index contributed by atoms with van der Waals surface area (Å²) < 4.78 is 18.8. The van der Waals surface area contributed by atoms with Crippen molar-refractivity contribution in [3.05, 3.63) is 77.6 Å². The molecular formula is C21H18FNOS. The number of nitrogens with one attached hydrogen (secondary N) is 1. The first kappa shape index (κ1) is 16.0. The van der Waals surface area contributed by atoms with Crippen LogP contribution in [0.25, 0.3) is 0 Å². The van der Waals surface area contributed by atoms with Crippen molar-refractivity contribution in [2.24, 2.45) is 0 Å². The molecule has 3 aromatic carbocycles. The van der Waals surface area contributed by atoms with Crippen LogP contribution < -0.4 is 10.1 Å². The molecule has 4 heteroatoms. The largest absolute Gasteiger partial charge is 0.494 e. The van der Waals surface area contributed by atoms with E-state index in [9.17, 15) is 4.39 Å². The fraction of sp³-hybridized carbons (Fsp3) is 0.143. The van der Waals surface area contributed by atoms with Crippen molar-refractivity contribution in [2.45, 2.75) is 22.6 Å². The average Bonchev–Trinajstić information content (AvgIpc) is 2.65. The number of rotatable bonds is 3. The second-order valence-electron chi connectivity index (χ2n) is 6.09. The Balaban J connectivity index is 1.66. The van der Waals surface area contributed by atoms with Crippen molar-refractivity contribution in [1.29, 1.82) is 0 Å². The highest BCUT2D eigenvalue weighted by molar-refractivity contribution is 7.99. The Bertz CT molecular complexity index is 941. The smallest absolute Gasteiger partial charge is 0.165 e. The van der Waals surface area contributed by atoms with Crippen LogP contribution in [0.2, 0.25) is 0 Å². The van der Waals surface area contributed by atoms with E-state index in [1.54, 1.807) is 17.8 Å². The summed E-state index contributed by atoms with van der Waals surface area (Å²) in [6.07, 6.45) is 0. The van der Waals surface area contributed by atoms with Gasteiger partial charge in [0.15, 0.2) is 11.6 Å². The van der Waals surface area contributed by atoms with Gasteiger partial charge in [-0.1, -0.05) is 43.0 Å². The molecule has 2 nitrogen and oxygen atoms in total. The number of halogens is 1. The molecule has 0 bridgehead atoms. The third kappa shape index (κ3) is 2.98. The number of hydrogen-bond donors (Lipinski definition) is 1. The summed E-state index contributed by atoms with van der Waals surface area (Å²) in [6.45, 7) is 2.12. The lowest BCUT2D eigenvalue weighted by atomic mass is 9.92. The van der Waals surface area contributed by atoms with Gasteiger partial charge in [0.1, 0.15) is 0 Å². The summed E-state index contributed by atoms with van der Waals surface area (Å²) in [6, 6.07) is 19.8. The van der Waals surface area contributed by atoms with Gasteiger partial charge in [0, 0.05) is 15.7 Å². The molecule has 0 aromatic heterocycles. The summed E-state index contributed by atoms with van der Waals surface area (Å²) >= 11 is 1.77. The highest BCUT2D eigenvalue weighted by Crippen LogP contribution is 2.45. The van der Waals surface area contributed by atoms with Gasteiger partial charge >= 0.3 is 0 Å². The summed E-state index contributed by atoms with van der Waals surface area (Å²) in [5.41, 5.74) is 4.46. The van der Waals surface area contributed by atoms with Crippen molar-refractivity contribution in [2.75, 3.05) is 12.4 Å². The van der Waals surface area contributed by atoms with E-state index in [0.717, 1.165) is 16.9 Å². The number of ether oxygens (including phenoxy) is 1. The van der Waals surface area contributed by atoms with Crippen LogP contribution in [0, 0.1) is 5.82 Å². The van der Waals surface area contributed by atoms with E-state index < -0.39 is 0 Å². The molecule has 0 saturated carbocycles. The summed E-state index contributed by atoms with van der Waals surface area (Å²) in [5.74, 6) is 0.0900. The summed E-state index contributed by atoms with van der Waals surface area (Å²) in [7, 11) is 1.49. The van der Waals surface area contributed by atoms with E-state index in [1.807, 2.05) is 12.1 Å². The SMILES string of the molecule is COc1cc(C(C)c2ccc3c(c2)Nc2ccccc2S3)ccc1F. The molecule has 1 aliphatic rings. The molecule has 1 N–H and O–H groups in total. The van der Waals surface area contributed by atoms with Crippen LogP contribution in [0.15, 0.2) is 70.5 Å². The molecular weight excluding hydrogens is 333 g/mol. The van der Waals surface area contributed by atoms with Gasteiger partial charge in [-0.25, -0.2) is 4.39 Å². The molecule has 1 unspecified atom stereocenters. The van der Waals surface area contributed by atoms with Crippen LogP contribution in [0.1, 0.15) is 24.0 Å². The van der Waals surface area contributed by atoms with Gasteiger partial charge in [-0.2, -0.15) is 0 Å². The number of para-hydroxylation sites is 1. The molecule has 0 radical (unpaired) electrons.